The van der Waals surface area contributed by atoms with E-state index in [1.807, 2.05) is 0 Å². The first-order chi connectivity index (χ1) is 9.89. The Morgan fingerprint density at radius 1 is 1.33 bits per heavy atom. The summed E-state index contributed by atoms with van der Waals surface area (Å²) >= 11 is 0. The van der Waals surface area contributed by atoms with E-state index in [0.717, 1.165) is 25.0 Å². The second kappa shape index (κ2) is 8.83. The molecule has 1 fully saturated rings. The van der Waals surface area contributed by atoms with Gasteiger partial charge in [0.1, 0.15) is 5.97 Å². The van der Waals surface area contributed by atoms with Gasteiger partial charge in [-0.2, -0.15) is 13.2 Å². The highest BCUT2D eigenvalue weighted by molar-refractivity contribution is 5.70. The van der Waals surface area contributed by atoms with Crippen LogP contribution in [-0.4, -0.2) is 50.8 Å². The van der Waals surface area contributed by atoms with Crippen LogP contribution in [0.15, 0.2) is 4.99 Å². The zero-order chi connectivity index (χ0) is 15.7. The molecule has 21 heavy (non-hydrogen) atoms. The lowest BCUT2D eigenvalue weighted by Crippen LogP contribution is -2.92. The first kappa shape index (κ1) is 17.7. The smallest absolute Gasteiger partial charge is 0.430 e. The van der Waals surface area contributed by atoms with Crippen LogP contribution in [0.25, 0.3) is 0 Å². The lowest BCUT2D eigenvalue weighted by molar-refractivity contribution is -0.552. The van der Waals surface area contributed by atoms with Gasteiger partial charge in [0.15, 0.2) is 0 Å². The minimum Gasteiger partial charge on any atom is -0.542 e. The van der Waals surface area contributed by atoms with Gasteiger partial charge >= 0.3 is 6.18 Å². The molecule has 0 bridgehead atoms. The van der Waals surface area contributed by atoms with Crippen molar-refractivity contribution in [1.82, 2.24) is 10.6 Å². The van der Waals surface area contributed by atoms with Crippen molar-refractivity contribution in [3.63, 3.8) is 0 Å². The van der Waals surface area contributed by atoms with Crippen LogP contribution in [0.1, 0.15) is 19.3 Å². The molecule has 0 aromatic carbocycles. The zero-order valence-corrected chi connectivity index (χ0v) is 11.7. The van der Waals surface area contributed by atoms with E-state index in [1.165, 1.54) is 38.9 Å². The maximum Gasteiger partial charge on any atom is 0.430 e. The number of guanidine groups is 1. The molecule has 0 atom stereocenters. The fourth-order valence-electron chi connectivity index (χ4n) is 2.08. The standard InChI is InChI=1S/C10H20N4.C2HF3O2/c1-4-12-10(13-5-1)14-8-9-2-6-11-7-3-9;3-2(4,5)1(6)7/h9,11H,1-8H2,(H2,12,13,14);(H,6,7). The Morgan fingerprint density at radius 3 is 2.43 bits per heavy atom. The number of carbonyl (C=O) groups is 1. The molecular weight excluding hydrogens is 289 g/mol. The second-order valence-electron chi connectivity index (χ2n) is 4.97. The van der Waals surface area contributed by atoms with E-state index in [2.05, 4.69) is 20.9 Å². The number of hydrogen-bond donors (Lipinski definition) is 3. The fourth-order valence-corrected chi connectivity index (χ4v) is 2.08. The third-order valence-corrected chi connectivity index (χ3v) is 3.26. The van der Waals surface area contributed by atoms with Gasteiger partial charge in [-0.1, -0.05) is 0 Å². The highest BCUT2D eigenvalue weighted by atomic mass is 19.4. The van der Waals surface area contributed by atoms with Crippen molar-refractivity contribution in [1.29, 1.82) is 0 Å². The summed E-state index contributed by atoms with van der Waals surface area (Å²) < 4.78 is 31.5. The number of piperidine rings is 1. The second-order valence-corrected chi connectivity index (χ2v) is 4.97. The van der Waals surface area contributed by atoms with Crippen molar-refractivity contribution in [3.05, 3.63) is 0 Å². The van der Waals surface area contributed by atoms with Gasteiger partial charge in [-0.25, -0.2) is 4.99 Å². The van der Waals surface area contributed by atoms with E-state index in [1.54, 1.807) is 0 Å². The quantitative estimate of drug-likeness (QED) is 0.561. The number of rotatable bonds is 2. The number of nitrogens with two attached hydrogens (primary N) is 1. The number of alkyl halides is 3. The largest absolute Gasteiger partial charge is 0.542 e. The minimum atomic E-state index is -5.19. The van der Waals surface area contributed by atoms with Gasteiger partial charge in [0.05, 0.1) is 6.54 Å². The molecular formula is C12H21F3N4O2. The summed E-state index contributed by atoms with van der Waals surface area (Å²) in [6.07, 6.45) is -1.36. The van der Waals surface area contributed by atoms with Crippen LogP contribution in [0.4, 0.5) is 13.2 Å². The van der Waals surface area contributed by atoms with Crippen LogP contribution >= 0.6 is 0 Å². The molecule has 2 aliphatic heterocycles. The maximum absolute atomic E-state index is 10.5. The van der Waals surface area contributed by atoms with Crippen LogP contribution in [0, 0.1) is 5.92 Å². The summed E-state index contributed by atoms with van der Waals surface area (Å²) in [5, 5.41) is 17.8. The molecule has 122 valence electrons. The molecule has 0 aromatic heterocycles. The van der Waals surface area contributed by atoms with E-state index in [0.29, 0.717) is 0 Å². The predicted octanol–water partition coefficient (Wildman–Crippen LogP) is -1.80. The van der Waals surface area contributed by atoms with E-state index >= 15 is 0 Å². The molecule has 2 heterocycles. The minimum absolute atomic E-state index is 0.877. The molecule has 4 N–H and O–H groups in total. The number of hydrogen-bond acceptors (Lipinski definition) is 5. The van der Waals surface area contributed by atoms with Gasteiger partial charge in [0.2, 0.25) is 0 Å². The van der Waals surface area contributed by atoms with Gasteiger partial charge in [0, 0.05) is 19.0 Å². The van der Waals surface area contributed by atoms with Crippen molar-refractivity contribution >= 4 is 11.9 Å². The fraction of sp³-hybridized carbons (Fsp3) is 0.833. The van der Waals surface area contributed by atoms with Crippen LogP contribution < -0.4 is 21.1 Å². The van der Waals surface area contributed by atoms with Crippen molar-refractivity contribution in [2.45, 2.75) is 25.4 Å². The Bertz CT molecular complexity index is 355. The predicted molar refractivity (Wildman–Crippen MR) is 68.4 cm³/mol. The number of quaternary nitrogens is 1. The van der Waals surface area contributed by atoms with Crippen LogP contribution in [0.5, 0.6) is 0 Å². The van der Waals surface area contributed by atoms with Crippen molar-refractivity contribution in [2.75, 3.05) is 32.7 Å². The molecule has 0 aromatic rings. The number of carbonyl (C=O) groups excluding carboxylic acids is 1. The Morgan fingerprint density at radius 2 is 1.95 bits per heavy atom. The summed E-state index contributed by atoms with van der Waals surface area (Å²) in [4.78, 5) is 13.2. The zero-order valence-electron chi connectivity index (χ0n) is 11.7. The van der Waals surface area contributed by atoms with E-state index in [9.17, 15) is 13.2 Å². The van der Waals surface area contributed by atoms with E-state index < -0.39 is 12.1 Å². The highest BCUT2D eigenvalue weighted by Crippen LogP contribution is 2.11. The van der Waals surface area contributed by atoms with Crippen molar-refractivity contribution in [2.24, 2.45) is 10.9 Å². The van der Waals surface area contributed by atoms with Crippen molar-refractivity contribution in [3.8, 4) is 0 Å². The molecule has 0 aliphatic carbocycles. The first-order valence-electron chi connectivity index (χ1n) is 7.00. The average Bonchev–Trinajstić information content (AvgIpc) is 2.47. The monoisotopic (exact) mass is 310 g/mol. The number of carboxylic acid groups (broad SMARTS) is 1. The van der Waals surface area contributed by atoms with Crippen LogP contribution in [0.2, 0.25) is 0 Å². The lowest BCUT2D eigenvalue weighted by atomic mass is 9.98. The van der Waals surface area contributed by atoms with Crippen LogP contribution in [-0.2, 0) is 4.79 Å². The molecule has 2 aliphatic rings. The molecule has 0 unspecified atom stereocenters. The van der Waals surface area contributed by atoms with Crippen molar-refractivity contribution < 1.29 is 28.4 Å². The van der Waals surface area contributed by atoms with E-state index in [4.69, 9.17) is 9.90 Å². The SMILES string of the molecule is C1CN=C([NH2+]CC2CCNCC2)NC1.O=C([O-])C(F)(F)F. The topological polar surface area (TPSA) is 93.2 Å². The average molecular weight is 310 g/mol. The molecule has 9 heteroatoms. The molecule has 0 saturated carbocycles. The third-order valence-electron chi connectivity index (χ3n) is 3.26. The number of halogens is 3. The number of carboxylic acids is 1. The first-order valence-corrected chi connectivity index (χ1v) is 7.00. The number of aliphatic imine (C=N–C) groups is 1. The molecule has 6 nitrogen and oxygen atoms in total. The van der Waals surface area contributed by atoms with Crippen LogP contribution in [0.3, 0.4) is 0 Å². The van der Waals surface area contributed by atoms with Gasteiger partial charge < -0.3 is 20.5 Å². The van der Waals surface area contributed by atoms with Gasteiger partial charge in [-0.15, -0.1) is 0 Å². The normalized spacial score (nSPS) is 19.9. The van der Waals surface area contributed by atoms with Gasteiger partial charge in [-0.05, 0) is 32.4 Å². The summed E-state index contributed by atoms with van der Waals surface area (Å²) in [5.74, 6) is -0.995. The van der Waals surface area contributed by atoms with E-state index in [-0.39, 0.29) is 0 Å². The Hall–Kier alpha value is -1.35. The van der Waals surface area contributed by atoms with Gasteiger partial charge in [-0.3, -0.25) is 5.32 Å². The Labute approximate surface area is 121 Å². The summed E-state index contributed by atoms with van der Waals surface area (Å²) in [6, 6.07) is 0. The molecule has 1 saturated heterocycles. The molecule has 2 rings (SSSR count). The number of nitrogens with one attached hydrogen (secondary N) is 2. The molecule has 0 radical (unpaired) electrons. The highest BCUT2D eigenvalue weighted by Gasteiger charge is 2.28. The summed E-state index contributed by atoms with van der Waals surface area (Å²) in [5.41, 5.74) is 0. The molecule has 0 amide bonds. The van der Waals surface area contributed by atoms with Gasteiger partial charge in [0.25, 0.3) is 5.96 Å². The maximum atomic E-state index is 10.5. The molecule has 0 spiro atoms. The number of nitrogens with zero attached hydrogens (tertiary/aromatic N) is 1. The number of aliphatic carboxylic acids is 1. The Balaban J connectivity index is 0.000000270. The third kappa shape index (κ3) is 7.86. The summed E-state index contributed by atoms with van der Waals surface area (Å²) in [6.45, 7) is 5.69. The Kier molecular flexibility index (Phi) is 7.44. The lowest BCUT2D eigenvalue weighted by Gasteiger charge is -2.21. The summed E-state index contributed by atoms with van der Waals surface area (Å²) in [7, 11) is 0.